The van der Waals surface area contributed by atoms with Crippen LogP contribution in [-0.4, -0.2) is 45.1 Å². The second-order valence-electron chi connectivity index (χ2n) is 5.39. The Kier molecular flexibility index (Phi) is 4.95. The average molecular weight is 314 g/mol. The van der Waals surface area contributed by atoms with Gasteiger partial charge >= 0.3 is 0 Å². The number of carbonyl (C=O) groups is 1. The molecule has 1 fully saturated rings. The van der Waals surface area contributed by atoms with Crippen LogP contribution in [0.4, 0.5) is 4.39 Å². The standard InChI is InChI=1S/C14H19FN2O3S/c1-21(19,20)16-9-11-4-3-7-17(10-11)14(18)12-5-2-6-13(15)8-12/h2,5-6,8,11,16H,3-4,7,9-10H2,1H3/t11-/m0/s1. The third-order valence-corrected chi connectivity index (χ3v) is 4.20. The molecule has 0 aliphatic carbocycles. The highest BCUT2D eigenvalue weighted by Crippen LogP contribution is 2.18. The largest absolute Gasteiger partial charge is 0.338 e. The van der Waals surface area contributed by atoms with E-state index < -0.39 is 15.8 Å². The van der Waals surface area contributed by atoms with E-state index in [4.69, 9.17) is 0 Å². The summed E-state index contributed by atoms with van der Waals surface area (Å²) in [6.07, 6.45) is 2.80. The van der Waals surface area contributed by atoms with E-state index in [0.29, 0.717) is 25.2 Å². The number of piperidine rings is 1. The van der Waals surface area contributed by atoms with Crippen molar-refractivity contribution < 1.29 is 17.6 Å². The van der Waals surface area contributed by atoms with Gasteiger partial charge in [-0.2, -0.15) is 0 Å². The van der Waals surface area contributed by atoms with E-state index in [1.165, 1.54) is 18.2 Å². The van der Waals surface area contributed by atoms with E-state index in [1.54, 1.807) is 11.0 Å². The van der Waals surface area contributed by atoms with Gasteiger partial charge in [0.2, 0.25) is 10.0 Å². The summed E-state index contributed by atoms with van der Waals surface area (Å²) < 4.78 is 37.9. The number of halogens is 1. The lowest BCUT2D eigenvalue weighted by atomic mass is 9.97. The lowest BCUT2D eigenvalue weighted by Crippen LogP contribution is -2.43. The maximum absolute atomic E-state index is 13.2. The number of likely N-dealkylation sites (tertiary alicyclic amines) is 1. The molecule has 1 aliphatic rings. The zero-order valence-electron chi connectivity index (χ0n) is 11.9. The van der Waals surface area contributed by atoms with E-state index >= 15 is 0 Å². The molecule has 1 atom stereocenters. The second-order valence-corrected chi connectivity index (χ2v) is 7.22. The maximum Gasteiger partial charge on any atom is 0.253 e. The predicted octanol–water partition coefficient (Wildman–Crippen LogP) is 1.23. The van der Waals surface area contributed by atoms with Crippen LogP contribution >= 0.6 is 0 Å². The van der Waals surface area contributed by atoms with Gasteiger partial charge in [0.15, 0.2) is 0 Å². The Morgan fingerprint density at radius 2 is 2.24 bits per heavy atom. The van der Waals surface area contributed by atoms with Crippen LogP contribution in [0.5, 0.6) is 0 Å². The number of benzene rings is 1. The first-order chi connectivity index (χ1) is 9.85. The molecule has 1 aromatic carbocycles. The lowest BCUT2D eigenvalue weighted by Gasteiger charge is -2.32. The van der Waals surface area contributed by atoms with E-state index in [9.17, 15) is 17.6 Å². The molecule has 1 heterocycles. The minimum atomic E-state index is -3.22. The molecule has 2 rings (SSSR count). The maximum atomic E-state index is 13.2. The van der Waals surface area contributed by atoms with Crippen molar-refractivity contribution in [1.29, 1.82) is 0 Å². The Hall–Kier alpha value is -1.47. The number of hydrogen-bond acceptors (Lipinski definition) is 3. The summed E-state index contributed by atoms with van der Waals surface area (Å²) in [4.78, 5) is 14.0. The number of amides is 1. The van der Waals surface area contributed by atoms with E-state index in [-0.39, 0.29) is 11.8 Å². The summed E-state index contributed by atoms with van der Waals surface area (Å²) in [5.74, 6) is -0.558. The number of nitrogens with one attached hydrogen (secondary N) is 1. The van der Waals surface area contributed by atoms with Crippen LogP contribution in [0.25, 0.3) is 0 Å². The van der Waals surface area contributed by atoms with Crippen molar-refractivity contribution in [3.05, 3.63) is 35.6 Å². The SMILES string of the molecule is CS(=O)(=O)NC[C@@H]1CCCN(C(=O)c2cccc(F)c2)C1. The first-order valence-electron chi connectivity index (χ1n) is 6.84. The first-order valence-corrected chi connectivity index (χ1v) is 8.74. The van der Waals surface area contributed by atoms with Crippen molar-refractivity contribution >= 4 is 15.9 Å². The molecule has 1 aromatic rings. The van der Waals surface area contributed by atoms with Gasteiger partial charge in [0.05, 0.1) is 6.26 Å². The van der Waals surface area contributed by atoms with Gasteiger partial charge in [-0.15, -0.1) is 0 Å². The number of sulfonamides is 1. The fourth-order valence-corrected chi connectivity index (χ4v) is 3.03. The minimum absolute atomic E-state index is 0.0889. The molecule has 0 bridgehead atoms. The summed E-state index contributed by atoms with van der Waals surface area (Å²) in [5.41, 5.74) is 0.326. The monoisotopic (exact) mass is 314 g/mol. The van der Waals surface area contributed by atoms with Crippen LogP contribution in [0.15, 0.2) is 24.3 Å². The van der Waals surface area contributed by atoms with E-state index in [0.717, 1.165) is 19.1 Å². The molecule has 21 heavy (non-hydrogen) atoms. The molecule has 1 amide bonds. The molecule has 1 aliphatic heterocycles. The highest BCUT2D eigenvalue weighted by Gasteiger charge is 2.25. The average Bonchev–Trinajstić information content (AvgIpc) is 2.44. The highest BCUT2D eigenvalue weighted by atomic mass is 32.2. The van der Waals surface area contributed by atoms with Gasteiger partial charge < -0.3 is 4.90 Å². The highest BCUT2D eigenvalue weighted by molar-refractivity contribution is 7.88. The van der Waals surface area contributed by atoms with Gasteiger partial charge in [-0.25, -0.2) is 17.5 Å². The molecular formula is C14H19FN2O3S. The third kappa shape index (κ3) is 4.78. The molecule has 1 N–H and O–H groups in total. The molecule has 0 aromatic heterocycles. The number of hydrogen-bond donors (Lipinski definition) is 1. The number of rotatable bonds is 4. The molecule has 7 heteroatoms. The van der Waals surface area contributed by atoms with Crippen LogP contribution in [0, 0.1) is 11.7 Å². The summed E-state index contributed by atoms with van der Waals surface area (Å²) >= 11 is 0. The molecule has 0 saturated carbocycles. The van der Waals surface area contributed by atoms with Crippen molar-refractivity contribution in [2.45, 2.75) is 12.8 Å². The van der Waals surface area contributed by atoms with E-state index in [1.807, 2.05) is 0 Å². The van der Waals surface area contributed by atoms with Gasteiger partial charge in [-0.3, -0.25) is 4.79 Å². The zero-order chi connectivity index (χ0) is 15.5. The Morgan fingerprint density at radius 3 is 2.90 bits per heavy atom. The lowest BCUT2D eigenvalue weighted by molar-refractivity contribution is 0.0676. The topological polar surface area (TPSA) is 66.5 Å². The molecule has 0 unspecified atom stereocenters. The van der Waals surface area contributed by atoms with Crippen molar-refractivity contribution in [1.82, 2.24) is 9.62 Å². The molecule has 116 valence electrons. The van der Waals surface area contributed by atoms with Crippen LogP contribution in [0.2, 0.25) is 0 Å². The fraction of sp³-hybridized carbons (Fsp3) is 0.500. The van der Waals surface area contributed by atoms with Gasteiger partial charge in [0.1, 0.15) is 5.82 Å². The van der Waals surface area contributed by atoms with Gasteiger partial charge in [-0.1, -0.05) is 6.07 Å². The van der Waals surface area contributed by atoms with E-state index in [2.05, 4.69) is 4.72 Å². The van der Waals surface area contributed by atoms with Crippen molar-refractivity contribution in [2.24, 2.45) is 5.92 Å². The third-order valence-electron chi connectivity index (χ3n) is 3.51. The first kappa shape index (κ1) is 15.9. The molecule has 1 saturated heterocycles. The van der Waals surface area contributed by atoms with Crippen molar-refractivity contribution in [3.8, 4) is 0 Å². The van der Waals surface area contributed by atoms with Crippen LogP contribution in [0.3, 0.4) is 0 Å². The predicted molar refractivity (Wildman–Crippen MR) is 77.9 cm³/mol. The van der Waals surface area contributed by atoms with Gasteiger partial charge in [0, 0.05) is 25.2 Å². The van der Waals surface area contributed by atoms with Crippen LogP contribution in [0.1, 0.15) is 23.2 Å². The molecule has 5 nitrogen and oxygen atoms in total. The second kappa shape index (κ2) is 6.53. The fourth-order valence-electron chi connectivity index (χ4n) is 2.49. The Bertz CT molecular complexity index is 618. The summed E-state index contributed by atoms with van der Waals surface area (Å²) in [5, 5.41) is 0. The number of carbonyl (C=O) groups excluding carboxylic acids is 1. The van der Waals surface area contributed by atoms with Crippen LogP contribution in [-0.2, 0) is 10.0 Å². The summed E-state index contributed by atoms with van der Waals surface area (Å²) in [6.45, 7) is 1.42. The minimum Gasteiger partial charge on any atom is -0.338 e. The molecule has 0 spiro atoms. The quantitative estimate of drug-likeness (QED) is 0.909. The molecular weight excluding hydrogens is 295 g/mol. The van der Waals surface area contributed by atoms with Crippen molar-refractivity contribution in [3.63, 3.8) is 0 Å². The van der Waals surface area contributed by atoms with Crippen LogP contribution < -0.4 is 4.72 Å². The van der Waals surface area contributed by atoms with Gasteiger partial charge in [-0.05, 0) is 37.0 Å². The summed E-state index contributed by atoms with van der Waals surface area (Å²) in [7, 11) is -3.22. The Morgan fingerprint density at radius 1 is 1.48 bits per heavy atom. The normalized spacial score (nSPS) is 19.5. The number of nitrogens with zero attached hydrogens (tertiary/aromatic N) is 1. The Balaban J connectivity index is 1.99. The summed E-state index contributed by atoms with van der Waals surface area (Å²) in [6, 6.07) is 5.62. The van der Waals surface area contributed by atoms with Crippen molar-refractivity contribution in [2.75, 3.05) is 25.9 Å². The molecule has 0 radical (unpaired) electrons. The van der Waals surface area contributed by atoms with Gasteiger partial charge in [0.25, 0.3) is 5.91 Å². The smallest absolute Gasteiger partial charge is 0.253 e. The Labute approximate surface area is 124 Å². The zero-order valence-corrected chi connectivity index (χ0v) is 12.7.